The lowest BCUT2D eigenvalue weighted by Gasteiger charge is -2.31. The molecule has 13 rings (SSSR count). The van der Waals surface area contributed by atoms with E-state index in [0.29, 0.717) is 0 Å². The number of fused-ring (bicyclic) bond motifs is 7. The lowest BCUT2D eigenvalue weighted by Crippen LogP contribution is -2.26. The van der Waals surface area contributed by atoms with Gasteiger partial charge in [-0.1, -0.05) is 178 Å². The molecule has 2 aliphatic carbocycles. The van der Waals surface area contributed by atoms with Gasteiger partial charge in [-0.3, -0.25) is 4.57 Å². The van der Waals surface area contributed by atoms with Gasteiger partial charge in [0.25, 0.3) is 0 Å². The predicted octanol–water partition coefficient (Wildman–Crippen LogP) is 16.8. The number of hydrogen-bond acceptors (Lipinski definition) is 4. The van der Waals surface area contributed by atoms with Crippen LogP contribution in [0.25, 0.3) is 61.0 Å². The van der Waals surface area contributed by atoms with Crippen LogP contribution in [-0.4, -0.2) is 16.6 Å². The number of benzene rings is 9. The topological polar surface area (TPSA) is 42.3 Å². The van der Waals surface area contributed by atoms with E-state index in [-0.39, 0.29) is 5.41 Å². The molecule has 0 unspecified atom stereocenters. The van der Waals surface area contributed by atoms with Crippen LogP contribution in [0.4, 0.5) is 22.7 Å². The van der Waals surface area contributed by atoms with E-state index in [1.54, 1.807) is 0 Å². The average Bonchev–Trinajstić information content (AvgIpc) is 4.01. The van der Waals surface area contributed by atoms with Crippen LogP contribution in [0, 0.1) is 0 Å². The molecule has 70 heavy (non-hydrogen) atoms. The van der Waals surface area contributed by atoms with E-state index >= 15 is 0 Å². The summed E-state index contributed by atoms with van der Waals surface area (Å²) in [6.07, 6.45) is 1.95. The summed E-state index contributed by atoms with van der Waals surface area (Å²) in [5, 5.41) is 6.33. The van der Waals surface area contributed by atoms with Crippen molar-refractivity contribution < 1.29 is 4.74 Å². The summed E-state index contributed by atoms with van der Waals surface area (Å²) < 4.78 is 9.48. The molecule has 5 nitrogen and oxygen atoms in total. The first-order valence-electron chi connectivity index (χ1n) is 24.2. The molecule has 11 aromatic rings. The van der Waals surface area contributed by atoms with E-state index in [9.17, 15) is 0 Å². The van der Waals surface area contributed by atoms with E-state index in [2.05, 4.69) is 255 Å². The molecule has 5 heteroatoms. The molecule has 0 radical (unpaired) electrons. The van der Waals surface area contributed by atoms with E-state index in [0.717, 1.165) is 73.4 Å². The molecule has 2 aromatic heterocycles. The molecule has 0 saturated heterocycles. The van der Waals surface area contributed by atoms with Gasteiger partial charge in [0.05, 0.1) is 33.5 Å². The fourth-order valence-electron chi connectivity index (χ4n) is 11.6. The number of ether oxygens (including phenoxy) is 1. The number of para-hydroxylation sites is 3. The maximum atomic E-state index is 7.13. The molecule has 1 N–H and O–H groups in total. The normalized spacial score (nSPS) is 13.0. The molecule has 9 aromatic carbocycles. The number of nitrogens with zero attached hydrogens (tertiary/aromatic N) is 3. The van der Waals surface area contributed by atoms with Crippen molar-refractivity contribution in [1.82, 2.24) is 9.55 Å². The minimum atomic E-state index is -0.520. The molecule has 0 amide bonds. The molecule has 2 heterocycles. The number of hydrogen-bond donors (Lipinski definition) is 1. The molecule has 2 aliphatic rings. The van der Waals surface area contributed by atoms with E-state index in [1.807, 2.05) is 12.3 Å². The van der Waals surface area contributed by atoms with E-state index in [1.165, 1.54) is 49.7 Å². The largest absolute Gasteiger partial charge is 0.457 e. The Hall–Kier alpha value is -8.67. The van der Waals surface area contributed by atoms with E-state index in [4.69, 9.17) is 9.72 Å². The zero-order valence-corrected chi connectivity index (χ0v) is 39.6. The Morgan fingerprint density at radius 3 is 1.79 bits per heavy atom. The summed E-state index contributed by atoms with van der Waals surface area (Å²) in [6.45, 7) is 6.78. The fraction of sp³-hybridized carbons (Fsp3) is 0.0923. The molecule has 0 fully saturated rings. The zero-order chi connectivity index (χ0) is 47.1. The maximum absolute atomic E-state index is 7.13. The van der Waals surface area contributed by atoms with Crippen molar-refractivity contribution in [3.8, 4) is 50.7 Å². The van der Waals surface area contributed by atoms with Crippen LogP contribution in [-0.2, 0) is 10.8 Å². The van der Waals surface area contributed by atoms with Crippen molar-refractivity contribution in [1.29, 1.82) is 0 Å². The summed E-state index contributed by atoms with van der Waals surface area (Å²) in [4.78, 5) is 7.38. The molecule has 336 valence electrons. The van der Waals surface area contributed by atoms with Crippen LogP contribution < -0.4 is 15.0 Å². The fourth-order valence-corrected chi connectivity index (χ4v) is 11.6. The predicted molar refractivity (Wildman–Crippen MR) is 290 cm³/mol. The summed E-state index contributed by atoms with van der Waals surface area (Å²) in [5.74, 6) is 2.39. The van der Waals surface area contributed by atoms with Gasteiger partial charge >= 0.3 is 0 Å². The first kappa shape index (κ1) is 41.5. The SMILES string of the molecule is CN(c1ccccc1Nc1cccc(Oc2cc3c4c5c(cccc5n(-c5cc(C(C)(C)C)ccn5)c4c2)C32c3ccccc3-c3ccccc32)c1)c1c(-c2ccccc2)cccc1-c1ccccc1. The number of aromatic nitrogens is 2. The average molecular weight is 903 g/mol. The van der Waals surface area contributed by atoms with Crippen LogP contribution in [0.1, 0.15) is 48.6 Å². The van der Waals surface area contributed by atoms with Gasteiger partial charge in [0, 0.05) is 53.0 Å². The monoisotopic (exact) mass is 902 g/mol. The van der Waals surface area contributed by atoms with Crippen LogP contribution in [0.15, 0.2) is 225 Å². The van der Waals surface area contributed by atoms with Gasteiger partial charge in [0.2, 0.25) is 0 Å². The van der Waals surface area contributed by atoms with Crippen molar-refractivity contribution in [2.75, 3.05) is 17.3 Å². The van der Waals surface area contributed by atoms with Crippen LogP contribution in [0.2, 0.25) is 0 Å². The maximum Gasteiger partial charge on any atom is 0.137 e. The standard InChI is InChI=1S/C65H50N4O/c1-64(2,3)44-36-37-66-60(38-44)69-58-35-19-32-54-61(58)62-55(65(54)52-30-13-11-26-50(52)51-27-12-14-31-53(51)65)40-47(41-59(62)69)70-46-25-17-24-45(39-46)67-56-33-15-16-34-57(56)68(4)63-48(42-20-7-5-8-21-42)28-18-29-49(63)43-22-9-6-10-23-43/h5-41,67H,1-4H3. The van der Waals surface area contributed by atoms with Gasteiger partial charge in [-0.15, -0.1) is 0 Å². The Balaban J connectivity index is 0.932. The Kier molecular flexibility index (Phi) is 9.47. The molecule has 0 bridgehead atoms. The number of nitrogens with one attached hydrogen (secondary N) is 1. The third kappa shape index (κ3) is 6.35. The van der Waals surface area contributed by atoms with Gasteiger partial charge < -0.3 is 15.0 Å². The Morgan fingerprint density at radius 1 is 0.500 bits per heavy atom. The molecular weight excluding hydrogens is 853 g/mol. The quantitative estimate of drug-likeness (QED) is 0.157. The van der Waals surface area contributed by atoms with Gasteiger partial charge in [0.15, 0.2) is 0 Å². The van der Waals surface area contributed by atoms with Crippen molar-refractivity contribution >= 4 is 44.6 Å². The smallest absolute Gasteiger partial charge is 0.137 e. The van der Waals surface area contributed by atoms with Crippen molar-refractivity contribution in [3.05, 3.63) is 252 Å². The number of pyridine rings is 1. The highest BCUT2D eigenvalue weighted by Gasteiger charge is 2.52. The number of rotatable bonds is 9. The molecule has 0 saturated carbocycles. The third-order valence-electron chi connectivity index (χ3n) is 14.6. The minimum absolute atomic E-state index is 0.0494. The lowest BCUT2D eigenvalue weighted by molar-refractivity contribution is 0.482. The highest BCUT2D eigenvalue weighted by Crippen LogP contribution is 2.63. The Morgan fingerprint density at radius 2 is 1.09 bits per heavy atom. The second-order valence-corrected chi connectivity index (χ2v) is 19.7. The summed E-state index contributed by atoms with van der Waals surface area (Å²) in [6, 6.07) is 78.4. The molecule has 1 spiro atoms. The second-order valence-electron chi connectivity index (χ2n) is 19.7. The summed E-state index contributed by atoms with van der Waals surface area (Å²) in [7, 11) is 2.17. The zero-order valence-electron chi connectivity index (χ0n) is 39.6. The van der Waals surface area contributed by atoms with Crippen LogP contribution >= 0.6 is 0 Å². The molecule has 0 aliphatic heterocycles. The lowest BCUT2D eigenvalue weighted by atomic mass is 9.70. The van der Waals surface area contributed by atoms with Crippen molar-refractivity contribution in [2.45, 2.75) is 31.6 Å². The van der Waals surface area contributed by atoms with E-state index < -0.39 is 5.41 Å². The summed E-state index contributed by atoms with van der Waals surface area (Å²) in [5.41, 5.74) is 19.3. The minimum Gasteiger partial charge on any atom is -0.457 e. The van der Waals surface area contributed by atoms with Gasteiger partial charge in [-0.05, 0) is 104 Å². The van der Waals surface area contributed by atoms with Crippen LogP contribution in [0.3, 0.4) is 0 Å². The highest BCUT2D eigenvalue weighted by molar-refractivity contribution is 6.19. The third-order valence-corrected chi connectivity index (χ3v) is 14.6. The van der Waals surface area contributed by atoms with Crippen LogP contribution in [0.5, 0.6) is 11.5 Å². The Labute approximate surface area is 408 Å². The Bertz CT molecular complexity index is 3740. The van der Waals surface area contributed by atoms with Gasteiger partial charge in [-0.25, -0.2) is 4.98 Å². The highest BCUT2D eigenvalue weighted by atomic mass is 16.5. The van der Waals surface area contributed by atoms with Gasteiger partial charge in [0.1, 0.15) is 17.3 Å². The number of anilines is 4. The summed E-state index contributed by atoms with van der Waals surface area (Å²) >= 11 is 0. The molecular formula is C65H50N4O. The first-order chi connectivity index (χ1) is 34.3. The molecule has 0 atom stereocenters. The van der Waals surface area contributed by atoms with Gasteiger partial charge in [-0.2, -0.15) is 0 Å². The van der Waals surface area contributed by atoms with Crippen molar-refractivity contribution in [2.24, 2.45) is 0 Å². The van der Waals surface area contributed by atoms with Crippen molar-refractivity contribution in [3.63, 3.8) is 0 Å². The first-order valence-corrected chi connectivity index (χ1v) is 24.2. The second kappa shape index (κ2) is 16.0.